The van der Waals surface area contributed by atoms with E-state index in [2.05, 4.69) is 22.1 Å². The molecule has 2 aliphatic rings. The summed E-state index contributed by atoms with van der Waals surface area (Å²) in [7, 11) is 0. The van der Waals surface area contributed by atoms with E-state index in [1.807, 2.05) is 6.08 Å². The standard InChI is InChI=1S/C18H24FN3S/c1-2-10-22-16-4-3-5-17(22)12-15(11-16)21-18(23)20-14-8-6-13(19)7-9-14/h2,6-9,15-17H,1,3-5,10-12H2,(H2,20,21,23)/t16-,17-/m1/s1. The van der Waals surface area contributed by atoms with E-state index in [9.17, 15) is 4.39 Å². The average molecular weight is 333 g/mol. The smallest absolute Gasteiger partial charge is 0.170 e. The zero-order valence-corrected chi connectivity index (χ0v) is 14.1. The highest BCUT2D eigenvalue weighted by Crippen LogP contribution is 2.33. The molecule has 0 saturated carbocycles. The van der Waals surface area contributed by atoms with E-state index in [1.54, 1.807) is 12.1 Å². The number of thiocarbonyl (C=S) groups is 1. The highest BCUT2D eigenvalue weighted by molar-refractivity contribution is 7.80. The van der Waals surface area contributed by atoms with Crippen molar-refractivity contribution in [3.63, 3.8) is 0 Å². The number of anilines is 1. The van der Waals surface area contributed by atoms with E-state index in [0.29, 0.717) is 23.2 Å². The first-order valence-corrected chi connectivity index (χ1v) is 8.76. The van der Waals surface area contributed by atoms with E-state index < -0.39 is 0 Å². The van der Waals surface area contributed by atoms with Crippen molar-refractivity contribution in [2.45, 2.75) is 50.2 Å². The zero-order valence-electron chi connectivity index (χ0n) is 13.3. The monoisotopic (exact) mass is 333 g/mol. The Morgan fingerprint density at radius 1 is 1.26 bits per heavy atom. The molecule has 0 spiro atoms. The first-order valence-electron chi connectivity index (χ1n) is 8.35. The van der Waals surface area contributed by atoms with Gasteiger partial charge in [0.25, 0.3) is 0 Å². The van der Waals surface area contributed by atoms with Crippen LogP contribution in [0.3, 0.4) is 0 Å². The minimum absolute atomic E-state index is 0.239. The lowest BCUT2D eigenvalue weighted by Gasteiger charge is -2.48. The van der Waals surface area contributed by atoms with E-state index in [1.165, 1.54) is 31.4 Å². The van der Waals surface area contributed by atoms with Crippen molar-refractivity contribution >= 4 is 23.0 Å². The SMILES string of the molecule is C=CCN1[C@@H]2CCC[C@@H]1CC(NC(=S)Nc1ccc(F)cc1)C2. The molecule has 0 radical (unpaired) electrons. The van der Waals surface area contributed by atoms with Gasteiger partial charge in [0.05, 0.1) is 0 Å². The fourth-order valence-corrected chi connectivity index (χ4v) is 4.21. The molecule has 124 valence electrons. The van der Waals surface area contributed by atoms with Crippen molar-refractivity contribution in [1.29, 1.82) is 0 Å². The van der Waals surface area contributed by atoms with Crippen LogP contribution in [-0.2, 0) is 0 Å². The predicted octanol–water partition coefficient (Wildman–Crippen LogP) is 3.68. The van der Waals surface area contributed by atoms with Crippen molar-refractivity contribution in [1.82, 2.24) is 10.2 Å². The minimum atomic E-state index is -0.239. The van der Waals surface area contributed by atoms with Crippen LogP contribution in [-0.4, -0.2) is 34.7 Å². The van der Waals surface area contributed by atoms with Crippen molar-refractivity contribution < 1.29 is 4.39 Å². The Hall–Kier alpha value is -1.46. The molecule has 0 amide bonds. The summed E-state index contributed by atoms with van der Waals surface area (Å²) in [6.07, 6.45) is 8.11. The fourth-order valence-electron chi connectivity index (χ4n) is 3.93. The summed E-state index contributed by atoms with van der Waals surface area (Å²) >= 11 is 5.42. The highest BCUT2D eigenvalue weighted by atomic mass is 32.1. The third kappa shape index (κ3) is 4.09. The Bertz CT molecular complexity index is 546. The van der Waals surface area contributed by atoms with Gasteiger partial charge in [-0.2, -0.15) is 0 Å². The van der Waals surface area contributed by atoms with E-state index in [4.69, 9.17) is 12.2 Å². The molecule has 3 nitrogen and oxygen atoms in total. The van der Waals surface area contributed by atoms with E-state index in [-0.39, 0.29) is 5.82 Å². The van der Waals surface area contributed by atoms with Crippen LogP contribution in [0.5, 0.6) is 0 Å². The Balaban J connectivity index is 1.55. The highest BCUT2D eigenvalue weighted by Gasteiger charge is 2.37. The van der Waals surface area contributed by atoms with Crippen LogP contribution in [0.25, 0.3) is 0 Å². The van der Waals surface area contributed by atoms with Gasteiger partial charge in [0.15, 0.2) is 5.11 Å². The number of piperidine rings is 2. The number of halogens is 1. The number of fused-ring (bicyclic) bond motifs is 2. The largest absolute Gasteiger partial charge is 0.360 e. The van der Waals surface area contributed by atoms with Gasteiger partial charge in [-0.25, -0.2) is 4.39 Å². The summed E-state index contributed by atoms with van der Waals surface area (Å²) in [6, 6.07) is 7.94. The lowest BCUT2D eigenvalue weighted by Crippen LogP contribution is -2.57. The lowest BCUT2D eigenvalue weighted by atomic mass is 9.82. The van der Waals surface area contributed by atoms with Gasteiger partial charge in [-0.05, 0) is 62.2 Å². The molecule has 2 atom stereocenters. The number of benzene rings is 1. The molecule has 1 aromatic carbocycles. The summed E-state index contributed by atoms with van der Waals surface area (Å²) in [5.41, 5.74) is 0.813. The maximum absolute atomic E-state index is 12.9. The molecule has 5 heteroatoms. The maximum atomic E-state index is 12.9. The number of hydrogen-bond donors (Lipinski definition) is 2. The number of nitrogens with zero attached hydrogens (tertiary/aromatic N) is 1. The third-order valence-electron chi connectivity index (χ3n) is 4.90. The van der Waals surface area contributed by atoms with Crippen LogP contribution in [0.15, 0.2) is 36.9 Å². The molecule has 2 fully saturated rings. The molecular weight excluding hydrogens is 309 g/mol. The Morgan fingerprint density at radius 2 is 1.91 bits per heavy atom. The van der Waals surface area contributed by atoms with Crippen LogP contribution in [0.4, 0.5) is 10.1 Å². The summed E-state index contributed by atoms with van der Waals surface area (Å²) in [5, 5.41) is 7.21. The first-order chi connectivity index (χ1) is 11.2. The van der Waals surface area contributed by atoms with Crippen molar-refractivity contribution in [3.8, 4) is 0 Å². The Labute approximate surface area is 142 Å². The Kier molecular flexibility index (Phi) is 5.28. The average Bonchev–Trinajstić information content (AvgIpc) is 2.50. The number of hydrogen-bond acceptors (Lipinski definition) is 2. The first kappa shape index (κ1) is 16.4. The number of nitrogens with one attached hydrogen (secondary N) is 2. The molecule has 2 bridgehead atoms. The molecule has 2 saturated heterocycles. The van der Waals surface area contributed by atoms with Gasteiger partial charge in [0.1, 0.15) is 5.82 Å². The minimum Gasteiger partial charge on any atom is -0.360 e. The van der Waals surface area contributed by atoms with Gasteiger partial charge in [-0.3, -0.25) is 4.90 Å². The van der Waals surface area contributed by atoms with Crippen LogP contribution >= 0.6 is 12.2 Å². The van der Waals surface area contributed by atoms with Crippen LogP contribution in [0, 0.1) is 5.82 Å². The second kappa shape index (κ2) is 7.41. The zero-order chi connectivity index (χ0) is 16.2. The van der Waals surface area contributed by atoms with Gasteiger partial charge in [0, 0.05) is 30.4 Å². The summed E-state index contributed by atoms with van der Waals surface area (Å²) in [4.78, 5) is 2.60. The molecule has 0 unspecified atom stereocenters. The van der Waals surface area contributed by atoms with E-state index >= 15 is 0 Å². The van der Waals surface area contributed by atoms with Gasteiger partial charge >= 0.3 is 0 Å². The molecule has 2 N–H and O–H groups in total. The van der Waals surface area contributed by atoms with Crippen LogP contribution in [0.2, 0.25) is 0 Å². The van der Waals surface area contributed by atoms with Crippen molar-refractivity contribution in [2.24, 2.45) is 0 Å². The summed E-state index contributed by atoms with van der Waals surface area (Å²) in [5.74, 6) is -0.239. The normalized spacial score (nSPS) is 27.3. The molecule has 1 aromatic rings. The molecule has 2 aliphatic heterocycles. The van der Waals surface area contributed by atoms with Gasteiger partial charge in [-0.1, -0.05) is 12.5 Å². The molecule has 3 rings (SSSR count). The summed E-state index contributed by atoms with van der Waals surface area (Å²) in [6.45, 7) is 4.87. The van der Waals surface area contributed by atoms with Gasteiger partial charge in [0.2, 0.25) is 0 Å². The van der Waals surface area contributed by atoms with Crippen LogP contribution < -0.4 is 10.6 Å². The molecule has 2 heterocycles. The summed E-state index contributed by atoms with van der Waals surface area (Å²) < 4.78 is 12.9. The molecular formula is C18H24FN3S. The number of rotatable bonds is 4. The van der Waals surface area contributed by atoms with Crippen LogP contribution in [0.1, 0.15) is 32.1 Å². The lowest BCUT2D eigenvalue weighted by molar-refractivity contribution is 0.0389. The van der Waals surface area contributed by atoms with E-state index in [0.717, 1.165) is 25.1 Å². The Morgan fingerprint density at radius 3 is 2.52 bits per heavy atom. The van der Waals surface area contributed by atoms with Crippen molar-refractivity contribution in [2.75, 3.05) is 11.9 Å². The van der Waals surface area contributed by atoms with Gasteiger partial charge < -0.3 is 10.6 Å². The fraction of sp³-hybridized carbons (Fsp3) is 0.500. The topological polar surface area (TPSA) is 27.3 Å². The third-order valence-corrected chi connectivity index (χ3v) is 5.12. The second-order valence-electron chi connectivity index (χ2n) is 6.50. The van der Waals surface area contributed by atoms with Crippen molar-refractivity contribution in [3.05, 3.63) is 42.7 Å². The second-order valence-corrected chi connectivity index (χ2v) is 6.91. The molecule has 0 aliphatic carbocycles. The maximum Gasteiger partial charge on any atom is 0.170 e. The predicted molar refractivity (Wildman–Crippen MR) is 97.1 cm³/mol. The molecule has 0 aromatic heterocycles. The quantitative estimate of drug-likeness (QED) is 0.649. The molecule has 23 heavy (non-hydrogen) atoms. The van der Waals surface area contributed by atoms with Gasteiger partial charge in [-0.15, -0.1) is 6.58 Å².